The molecule has 5 nitrogen and oxygen atoms in total. The Morgan fingerprint density at radius 2 is 1.95 bits per heavy atom. The number of amides is 2. The number of aliphatic carboxylic acids is 1. The molecule has 0 bridgehead atoms. The van der Waals surface area contributed by atoms with Gasteiger partial charge in [-0.2, -0.15) is 0 Å². The second-order valence-corrected chi connectivity index (χ2v) is 4.76. The van der Waals surface area contributed by atoms with Crippen LogP contribution in [-0.4, -0.2) is 34.6 Å². The number of nitrogens with zero attached hydrogens (tertiary/aromatic N) is 1. The van der Waals surface area contributed by atoms with Crippen molar-refractivity contribution in [2.45, 2.75) is 19.9 Å². The van der Waals surface area contributed by atoms with Crippen LogP contribution in [0, 0.1) is 0 Å². The van der Waals surface area contributed by atoms with Crippen LogP contribution < -0.4 is 5.32 Å². The molecule has 112 valence electrons. The molecule has 0 spiro atoms. The summed E-state index contributed by atoms with van der Waals surface area (Å²) in [5.41, 5.74) is 1.41. The number of nitrogens with one attached hydrogen (secondary N) is 1. The lowest BCUT2D eigenvalue weighted by atomic mass is 10.2. The van der Waals surface area contributed by atoms with E-state index in [1.807, 2.05) is 13.8 Å². The van der Waals surface area contributed by atoms with Crippen LogP contribution in [0.5, 0.6) is 0 Å². The summed E-state index contributed by atoms with van der Waals surface area (Å²) >= 11 is 0. The van der Waals surface area contributed by atoms with Crippen LogP contribution in [0.4, 0.5) is 10.5 Å². The molecule has 5 heteroatoms. The van der Waals surface area contributed by atoms with E-state index in [2.05, 4.69) is 11.9 Å². The SMILES string of the molecule is C=CCN(C(=O)Nc1ccc(/C=C/C(=O)O)cc1)C(C)C. The van der Waals surface area contributed by atoms with Crippen LogP contribution in [0.1, 0.15) is 19.4 Å². The fourth-order valence-electron chi connectivity index (χ4n) is 1.71. The number of hydrogen-bond acceptors (Lipinski definition) is 2. The van der Waals surface area contributed by atoms with Crippen molar-refractivity contribution in [3.05, 3.63) is 48.6 Å². The van der Waals surface area contributed by atoms with E-state index in [-0.39, 0.29) is 12.1 Å². The van der Waals surface area contributed by atoms with Crippen LogP contribution in [0.25, 0.3) is 6.08 Å². The summed E-state index contributed by atoms with van der Waals surface area (Å²) in [6.07, 6.45) is 4.24. The van der Waals surface area contributed by atoms with Crippen molar-refractivity contribution in [3.8, 4) is 0 Å². The van der Waals surface area contributed by atoms with Crippen molar-refractivity contribution < 1.29 is 14.7 Å². The Balaban J connectivity index is 2.72. The molecule has 0 aliphatic carbocycles. The Kier molecular flexibility index (Phi) is 6.20. The van der Waals surface area contributed by atoms with Gasteiger partial charge in [-0.05, 0) is 37.6 Å². The average Bonchev–Trinajstić information content (AvgIpc) is 2.43. The van der Waals surface area contributed by atoms with Gasteiger partial charge >= 0.3 is 12.0 Å². The first kappa shape index (κ1) is 16.5. The summed E-state index contributed by atoms with van der Waals surface area (Å²) < 4.78 is 0. The zero-order valence-electron chi connectivity index (χ0n) is 12.2. The molecule has 0 unspecified atom stereocenters. The fourth-order valence-corrected chi connectivity index (χ4v) is 1.71. The topological polar surface area (TPSA) is 69.6 Å². The number of carbonyl (C=O) groups excluding carboxylic acids is 1. The molecule has 2 amide bonds. The largest absolute Gasteiger partial charge is 0.478 e. The highest BCUT2D eigenvalue weighted by molar-refractivity contribution is 5.90. The van der Waals surface area contributed by atoms with Gasteiger partial charge in [-0.25, -0.2) is 9.59 Å². The molecule has 21 heavy (non-hydrogen) atoms. The molecule has 2 N–H and O–H groups in total. The van der Waals surface area contributed by atoms with Gasteiger partial charge in [0.05, 0.1) is 0 Å². The highest BCUT2D eigenvalue weighted by atomic mass is 16.4. The highest BCUT2D eigenvalue weighted by Crippen LogP contribution is 2.12. The summed E-state index contributed by atoms with van der Waals surface area (Å²) in [6.45, 7) is 7.98. The van der Waals surface area contributed by atoms with E-state index in [0.717, 1.165) is 11.6 Å². The Bertz CT molecular complexity index is 533. The molecular formula is C16H20N2O3. The Morgan fingerprint density at radius 3 is 2.43 bits per heavy atom. The molecule has 0 aliphatic heterocycles. The van der Waals surface area contributed by atoms with Crippen LogP contribution >= 0.6 is 0 Å². The lowest BCUT2D eigenvalue weighted by Crippen LogP contribution is -2.40. The minimum absolute atomic E-state index is 0.0702. The molecule has 0 fully saturated rings. The Labute approximate surface area is 124 Å². The zero-order chi connectivity index (χ0) is 15.8. The molecular weight excluding hydrogens is 268 g/mol. The molecule has 0 heterocycles. The van der Waals surface area contributed by atoms with Gasteiger partial charge in [-0.3, -0.25) is 0 Å². The maximum atomic E-state index is 12.1. The average molecular weight is 288 g/mol. The van der Waals surface area contributed by atoms with Gasteiger partial charge in [0.25, 0.3) is 0 Å². The predicted molar refractivity (Wildman–Crippen MR) is 84.2 cm³/mol. The second kappa shape index (κ2) is 7.89. The molecule has 0 aliphatic rings. The van der Waals surface area contributed by atoms with Crippen molar-refractivity contribution in [2.24, 2.45) is 0 Å². The lowest BCUT2D eigenvalue weighted by Gasteiger charge is -2.25. The predicted octanol–water partition coefficient (Wildman–Crippen LogP) is 3.21. The van der Waals surface area contributed by atoms with Crippen molar-refractivity contribution in [2.75, 3.05) is 11.9 Å². The smallest absolute Gasteiger partial charge is 0.328 e. The van der Waals surface area contributed by atoms with E-state index >= 15 is 0 Å². The molecule has 1 aromatic rings. The number of urea groups is 1. The first-order chi connectivity index (χ1) is 9.93. The molecule has 0 aromatic heterocycles. The minimum atomic E-state index is -0.996. The van der Waals surface area contributed by atoms with Crippen molar-refractivity contribution >= 4 is 23.8 Å². The third-order valence-electron chi connectivity index (χ3n) is 2.79. The molecule has 0 atom stereocenters. The van der Waals surface area contributed by atoms with Crippen LogP contribution in [0.15, 0.2) is 43.0 Å². The number of hydrogen-bond donors (Lipinski definition) is 2. The van der Waals surface area contributed by atoms with Crippen molar-refractivity contribution in [1.29, 1.82) is 0 Å². The first-order valence-electron chi connectivity index (χ1n) is 6.63. The van der Waals surface area contributed by atoms with E-state index in [9.17, 15) is 9.59 Å². The maximum Gasteiger partial charge on any atom is 0.328 e. The van der Waals surface area contributed by atoms with Crippen LogP contribution in [-0.2, 0) is 4.79 Å². The quantitative estimate of drug-likeness (QED) is 0.624. The standard InChI is InChI=1S/C16H20N2O3/c1-4-11-18(12(2)3)16(21)17-14-8-5-13(6-9-14)7-10-15(19)20/h4-10,12H,1,11H2,2-3H3,(H,17,21)(H,19,20)/b10-7+. The number of anilines is 1. The Morgan fingerprint density at radius 1 is 1.33 bits per heavy atom. The van der Waals surface area contributed by atoms with Gasteiger partial charge in [0, 0.05) is 24.4 Å². The van der Waals surface area contributed by atoms with E-state index in [1.54, 1.807) is 35.2 Å². The first-order valence-corrected chi connectivity index (χ1v) is 6.63. The minimum Gasteiger partial charge on any atom is -0.478 e. The van der Waals surface area contributed by atoms with Crippen LogP contribution in [0.3, 0.4) is 0 Å². The van der Waals surface area contributed by atoms with Crippen molar-refractivity contribution in [1.82, 2.24) is 4.90 Å². The van der Waals surface area contributed by atoms with E-state index in [0.29, 0.717) is 12.2 Å². The monoisotopic (exact) mass is 288 g/mol. The number of rotatable bonds is 6. The van der Waals surface area contributed by atoms with Gasteiger partial charge in [0.15, 0.2) is 0 Å². The lowest BCUT2D eigenvalue weighted by molar-refractivity contribution is -0.131. The van der Waals surface area contributed by atoms with Crippen molar-refractivity contribution in [3.63, 3.8) is 0 Å². The molecule has 0 saturated carbocycles. The summed E-state index contributed by atoms with van der Waals surface area (Å²) in [4.78, 5) is 24.2. The number of carboxylic acid groups (broad SMARTS) is 1. The van der Waals surface area contributed by atoms with Gasteiger partial charge in [0.1, 0.15) is 0 Å². The number of benzene rings is 1. The van der Waals surface area contributed by atoms with Gasteiger partial charge < -0.3 is 15.3 Å². The zero-order valence-corrected chi connectivity index (χ0v) is 12.2. The molecule has 1 aromatic carbocycles. The molecule has 0 saturated heterocycles. The number of carbonyl (C=O) groups is 2. The van der Waals surface area contributed by atoms with Gasteiger partial charge in [0.2, 0.25) is 0 Å². The van der Waals surface area contributed by atoms with Gasteiger partial charge in [-0.1, -0.05) is 18.2 Å². The third-order valence-corrected chi connectivity index (χ3v) is 2.79. The fraction of sp³-hybridized carbons (Fsp3) is 0.250. The van der Waals surface area contributed by atoms with E-state index < -0.39 is 5.97 Å². The number of carboxylic acids is 1. The summed E-state index contributed by atoms with van der Waals surface area (Å²) in [5.74, 6) is -0.996. The maximum absolute atomic E-state index is 12.1. The second-order valence-electron chi connectivity index (χ2n) is 4.76. The third kappa shape index (κ3) is 5.52. The molecule has 0 radical (unpaired) electrons. The molecule has 1 rings (SSSR count). The van der Waals surface area contributed by atoms with E-state index in [4.69, 9.17) is 5.11 Å². The summed E-state index contributed by atoms with van der Waals surface area (Å²) in [7, 11) is 0. The van der Waals surface area contributed by atoms with E-state index in [1.165, 1.54) is 6.08 Å². The summed E-state index contributed by atoms with van der Waals surface area (Å²) in [5, 5.41) is 11.4. The Hall–Kier alpha value is -2.56. The van der Waals surface area contributed by atoms with Gasteiger partial charge in [-0.15, -0.1) is 6.58 Å². The summed E-state index contributed by atoms with van der Waals surface area (Å²) in [6, 6.07) is 6.81. The normalized spacial score (nSPS) is 10.6. The highest BCUT2D eigenvalue weighted by Gasteiger charge is 2.15. The van der Waals surface area contributed by atoms with Crippen LogP contribution in [0.2, 0.25) is 0 Å².